The molecule has 0 saturated carbocycles. The first-order chi connectivity index (χ1) is 8.90. The third kappa shape index (κ3) is 2.30. The molecule has 7 nitrogen and oxygen atoms in total. The zero-order chi connectivity index (χ0) is 14.3. The smallest absolute Gasteiger partial charge is 0.352 e. The third-order valence-corrected chi connectivity index (χ3v) is 5.59. The van der Waals surface area contributed by atoms with Gasteiger partial charge in [0.15, 0.2) is 6.04 Å². The topological polar surface area (TPSA) is 110 Å². The van der Waals surface area contributed by atoms with Crippen molar-refractivity contribution in [3.63, 3.8) is 0 Å². The van der Waals surface area contributed by atoms with Gasteiger partial charge in [-0.15, -0.1) is 0 Å². The molecule has 0 aromatic carbocycles. The molecule has 3 atom stereocenters. The van der Waals surface area contributed by atoms with Crippen LogP contribution < -0.4 is 5.32 Å². The van der Waals surface area contributed by atoms with Crippen molar-refractivity contribution < 1.29 is 24.0 Å². The molecule has 0 aliphatic carbocycles. The van der Waals surface area contributed by atoms with Crippen LogP contribution in [0.15, 0.2) is 11.3 Å². The number of β-lactam (4-membered cyclic amide) rings is 1. The van der Waals surface area contributed by atoms with E-state index in [1.54, 1.807) is 0 Å². The Morgan fingerprint density at radius 1 is 1.63 bits per heavy atom. The maximum Gasteiger partial charge on any atom is 0.352 e. The SMILES string of the molecule is O=CN[C@@H]1C(=O)N2C(C(=O)O)=C(C(Br)Br)C[S@+]([O-])[C@H]12. The number of halogens is 2. The predicted molar refractivity (Wildman–Crippen MR) is 72.9 cm³/mol. The average Bonchev–Trinajstić information content (AvgIpc) is 2.34. The van der Waals surface area contributed by atoms with E-state index < -0.39 is 38.2 Å². The fraction of sp³-hybridized carbons (Fsp3) is 0.444. The number of carbonyl (C=O) groups excluding carboxylic acids is 2. The molecule has 2 aliphatic heterocycles. The summed E-state index contributed by atoms with van der Waals surface area (Å²) in [6.07, 6.45) is 0.342. The highest BCUT2D eigenvalue weighted by molar-refractivity contribution is 9.24. The summed E-state index contributed by atoms with van der Waals surface area (Å²) in [7, 11) is 0. The molecule has 0 radical (unpaired) electrons. The number of nitrogens with zero attached hydrogens (tertiary/aromatic N) is 1. The van der Waals surface area contributed by atoms with Gasteiger partial charge in [-0.2, -0.15) is 0 Å². The lowest BCUT2D eigenvalue weighted by molar-refractivity contribution is -0.150. The van der Waals surface area contributed by atoms with E-state index in [1.165, 1.54) is 0 Å². The first kappa shape index (κ1) is 14.8. The summed E-state index contributed by atoms with van der Waals surface area (Å²) >= 11 is 4.86. The minimum absolute atomic E-state index is 0.0221. The van der Waals surface area contributed by atoms with Crippen molar-refractivity contribution in [2.45, 2.75) is 15.2 Å². The first-order valence-electron chi connectivity index (χ1n) is 5.04. The molecule has 2 rings (SSSR count). The van der Waals surface area contributed by atoms with E-state index >= 15 is 0 Å². The molecule has 10 heteroatoms. The summed E-state index contributed by atoms with van der Waals surface area (Å²) in [5.41, 5.74) is 0.150. The summed E-state index contributed by atoms with van der Waals surface area (Å²) in [4.78, 5) is 34.5. The molecule has 0 bridgehead atoms. The average molecular weight is 416 g/mol. The maximum absolute atomic E-state index is 12.1. The van der Waals surface area contributed by atoms with Gasteiger partial charge in [0.2, 0.25) is 11.8 Å². The number of carboxylic acid groups (broad SMARTS) is 1. The van der Waals surface area contributed by atoms with Crippen LogP contribution >= 0.6 is 31.9 Å². The number of rotatable bonds is 4. The molecular formula is C9H8Br2N2O5S. The van der Waals surface area contributed by atoms with E-state index in [-0.39, 0.29) is 11.4 Å². The van der Waals surface area contributed by atoms with Crippen LogP contribution in [0.5, 0.6) is 0 Å². The van der Waals surface area contributed by atoms with Gasteiger partial charge in [0, 0.05) is 5.57 Å². The minimum atomic E-state index is -1.47. The number of hydrogen-bond acceptors (Lipinski definition) is 4. The summed E-state index contributed by atoms with van der Waals surface area (Å²) in [5, 5.41) is 10.7. The zero-order valence-corrected chi connectivity index (χ0v) is 13.2. The Balaban J connectivity index is 2.42. The van der Waals surface area contributed by atoms with Gasteiger partial charge in [-0.1, -0.05) is 31.9 Å². The van der Waals surface area contributed by atoms with Crippen LogP contribution in [0.3, 0.4) is 0 Å². The standard InChI is InChI=1S/C9H8Br2N2O5S/c10-6(11)3-1-19(18)8-4(12-2-14)7(15)13(8)5(3)9(16)17/h2,4,6,8H,1H2,(H,12,14)(H,16,17)/t4-,8-,19+/m1/s1. The fourth-order valence-electron chi connectivity index (χ4n) is 2.07. The summed E-state index contributed by atoms with van der Waals surface area (Å²) in [6, 6.07) is -0.918. The number of fused-ring (bicyclic) bond motifs is 1. The molecule has 2 N–H and O–H groups in total. The Morgan fingerprint density at radius 3 is 2.74 bits per heavy atom. The quantitative estimate of drug-likeness (QED) is 0.278. The van der Waals surface area contributed by atoms with Crippen LogP contribution in [0.1, 0.15) is 0 Å². The molecule has 0 spiro atoms. The number of aliphatic carboxylic acids is 1. The van der Waals surface area contributed by atoms with Crippen molar-refractivity contribution in [2.24, 2.45) is 0 Å². The van der Waals surface area contributed by atoms with E-state index in [4.69, 9.17) is 0 Å². The van der Waals surface area contributed by atoms with Crippen molar-refractivity contribution in [3.05, 3.63) is 11.3 Å². The van der Waals surface area contributed by atoms with Crippen LogP contribution in [0, 0.1) is 0 Å². The van der Waals surface area contributed by atoms with Gasteiger partial charge in [0.1, 0.15) is 11.4 Å². The molecule has 0 unspecified atom stereocenters. The maximum atomic E-state index is 12.1. The Hall–Kier alpha value is -0.580. The van der Waals surface area contributed by atoms with E-state index in [9.17, 15) is 24.0 Å². The lowest BCUT2D eigenvalue weighted by Gasteiger charge is -2.48. The fourth-order valence-corrected chi connectivity index (χ4v) is 4.98. The number of carboxylic acids is 1. The summed E-state index contributed by atoms with van der Waals surface area (Å²) in [6.45, 7) is 0. The van der Waals surface area contributed by atoms with Crippen molar-refractivity contribution in [1.82, 2.24) is 10.2 Å². The molecular weight excluding hydrogens is 408 g/mol. The van der Waals surface area contributed by atoms with Gasteiger partial charge in [0.25, 0.3) is 5.91 Å². The minimum Gasteiger partial charge on any atom is -0.614 e. The number of hydrogen-bond donors (Lipinski definition) is 2. The Labute approximate surface area is 127 Å². The Morgan fingerprint density at radius 2 is 2.26 bits per heavy atom. The zero-order valence-electron chi connectivity index (χ0n) is 9.21. The second-order valence-corrected chi connectivity index (χ2v) is 8.46. The Kier molecular flexibility index (Phi) is 4.23. The first-order valence-corrected chi connectivity index (χ1v) is 8.26. The molecule has 19 heavy (non-hydrogen) atoms. The molecule has 104 valence electrons. The highest BCUT2D eigenvalue weighted by atomic mass is 79.9. The highest BCUT2D eigenvalue weighted by Crippen LogP contribution is 2.39. The molecule has 2 amide bonds. The number of amides is 2. The van der Waals surface area contributed by atoms with Crippen molar-refractivity contribution in [2.75, 3.05) is 5.75 Å². The van der Waals surface area contributed by atoms with Crippen LogP contribution in [0.4, 0.5) is 0 Å². The van der Waals surface area contributed by atoms with Crippen molar-refractivity contribution in [3.8, 4) is 0 Å². The van der Waals surface area contributed by atoms with Gasteiger partial charge < -0.3 is 15.0 Å². The molecule has 0 aromatic rings. The van der Waals surface area contributed by atoms with Crippen LogP contribution in [0.2, 0.25) is 0 Å². The van der Waals surface area contributed by atoms with Gasteiger partial charge in [-0.3, -0.25) is 14.5 Å². The summed E-state index contributed by atoms with van der Waals surface area (Å²) in [5.74, 6) is -1.81. The molecule has 2 heterocycles. The number of nitrogens with one attached hydrogen (secondary N) is 1. The largest absolute Gasteiger partial charge is 0.614 e. The Bertz CT molecular complexity index is 483. The number of carbonyl (C=O) groups is 3. The molecule has 2 aliphatic rings. The van der Waals surface area contributed by atoms with E-state index in [1.807, 2.05) is 0 Å². The highest BCUT2D eigenvalue weighted by Gasteiger charge is 2.60. The van der Waals surface area contributed by atoms with Gasteiger partial charge in [-0.25, -0.2) is 4.79 Å². The van der Waals surface area contributed by atoms with E-state index in [0.717, 1.165) is 4.90 Å². The van der Waals surface area contributed by atoms with Gasteiger partial charge >= 0.3 is 5.97 Å². The van der Waals surface area contributed by atoms with Crippen LogP contribution in [-0.4, -0.2) is 53.8 Å². The molecule has 0 aromatic heterocycles. The van der Waals surface area contributed by atoms with E-state index in [2.05, 4.69) is 37.2 Å². The van der Waals surface area contributed by atoms with Crippen molar-refractivity contribution in [1.29, 1.82) is 0 Å². The van der Waals surface area contributed by atoms with Gasteiger partial charge in [-0.05, 0) is 11.2 Å². The second-order valence-electron chi connectivity index (χ2n) is 3.87. The second kappa shape index (κ2) is 5.43. The summed E-state index contributed by atoms with van der Waals surface area (Å²) < 4.78 is 11.6. The molecule has 1 saturated heterocycles. The molecule has 1 fully saturated rings. The predicted octanol–water partition coefficient (Wildman–Crippen LogP) is -0.514. The monoisotopic (exact) mass is 414 g/mol. The van der Waals surface area contributed by atoms with Crippen molar-refractivity contribution >= 4 is 61.3 Å². The number of alkyl halides is 2. The lowest BCUT2D eigenvalue weighted by Crippen LogP contribution is -2.74. The van der Waals surface area contributed by atoms with Crippen LogP contribution in [-0.2, 0) is 25.6 Å². The normalized spacial score (nSPS) is 30.0. The van der Waals surface area contributed by atoms with E-state index in [0.29, 0.717) is 12.0 Å². The lowest BCUT2D eigenvalue weighted by atomic mass is 10.0. The van der Waals surface area contributed by atoms with Crippen LogP contribution in [0.25, 0.3) is 0 Å². The van der Waals surface area contributed by atoms with Gasteiger partial charge in [0.05, 0.1) is 3.74 Å². The third-order valence-electron chi connectivity index (χ3n) is 2.87.